The highest BCUT2D eigenvalue weighted by atomic mass is 32.2. The van der Waals surface area contributed by atoms with Gasteiger partial charge in [-0.05, 0) is 6.26 Å². The Balaban J connectivity index is 2.22. The Bertz CT molecular complexity index is 398. The Morgan fingerprint density at radius 2 is 1.94 bits per heavy atom. The number of nitrogen functional groups attached to an aromatic ring is 1. The van der Waals surface area contributed by atoms with Gasteiger partial charge in [0.15, 0.2) is 11.5 Å². The van der Waals surface area contributed by atoms with Crippen molar-refractivity contribution in [3.63, 3.8) is 0 Å². The Kier molecular flexibility index (Phi) is 3.89. The highest BCUT2D eigenvalue weighted by molar-refractivity contribution is 7.98. The summed E-state index contributed by atoms with van der Waals surface area (Å²) < 4.78 is 11.1. The fourth-order valence-corrected chi connectivity index (χ4v) is 2.23. The normalized spacial score (nSPS) is 13.5. The molecule has 94 valence electrons. The summed E-state index contributed by atoms with van der Waals surface area (Å²) in [5.74, 6) is 2.61. The van der Waals surface area contributed by atoms with Crippen LogP contribution in [0.25, 0.3) is 0 Å². The van der Waals surface area contributed by atoms with Crippen molar-refractivity contribution in [3.05, 3.63) is 12.1 Å². The van der Waals surface area contributed by atoms with E-state index in [1.54, 1.807) is 0 Å². The summed E-state index contributed by atoms with van der Waals surface area (Å²) in [5.41, 5.74) is 7.77. The van der Waals surface area contributed by atoms with Crippen molar-refractivity contribution >= 4 is 23.1 Å². The lowest BCUT2D eigenvalue weighted by molar-refractivity contribution is 0.172. The largest absolute Gasteiger partial charge is 0.486 e. The molecule has 0 saturated carbocycles. The standard InChI is InChI=1S/C12H18N2O2S/c1-14(3-6-17-2)10-8-12-11(7-9(10)13)15-4-5-16-12/h7-8H,3-6,13H2,1-2H3. The van der Waals surface area contributed by atoms with Crippen molar-refractivity contribution in [2.75, 3.05) is 49.4 Å². The number of anilines is 2. The minimum Gasteiger partial charge on any atom is -0.486 e. The SMILES string of the molecule is CSCCN(C)c1cc2c(cc1N)OCCO2. The second-order valence-electron chi connectivity index (χ2n) is 3.97. The van der Waals surface area contributed by atoms with Crippen LogP contribution in [0.5, 0.6) is 11.5 Å². The first kappa shape index (κ1) is 12.2. The number of nitrogens with zero attached hydrogens (tertiary/aromatic N) is 1. The van der Waals surface area contributed by atoms with E-state index in [1.807, 2.05) is 30.9 Å². The number of rotatable bonds is 4. The van der Waals surface area contributed by atoms with Crippen LogP contribution in [0.3, 0.4) is 0 Å². The Morgan fingerprint density at radius 3 is 2.59 bits per heavy atom. The number of ether oxygens (including phenoxy) is 2. The maximum atomic E-state index is 6.03. The molecule has 1 aromatic carbocycles. The van der Waals surface area contributed by atoms with Gasteiger partial charge in [-0.25, -0.2) is 0 Å². The molecule has 0 aromatic heterocycles. The van der Waals surface area contributed by atoms with Crippen LogP contribution in [0.1, 0.15) is 0 Å². The van der Waals surface area contributed by atoms with E-state index in [-0.39, 0.29) is 0 Å². The molecule has 4 nitrogen and oxygen atoms in total. The predicted molar refractivity (Wildman–Crippen MR) is 73.5 cm³/mol. The molecule has 1 aliphatic rings. The first-order valence-corrected chi connectivity index (χ1v) is 7.01. The van der Waals surface area contributed by atoms with Gasteiger partial charge in [-0.1, -0.05) is 0 Å². The zero-order valence-corrected chi connectivity index (χ0v) is 11.0. The molecule has 0 unspecified atom stereocenters. The smallest absolute Gasteiger partial charge is 0.163 e. The van der Waals surface area contributed by atoms with Gasteiger partial charge in [0.25, 0.3) is 0 Å². The van der Waals surface area contributed by atoms with Crippen molar-refractivity contribution in [1.82, 2.24) is 0 Å². The summed E-state index contributed by atoms with van der Waals surface area (Å²) in [7, 11) is 2.04. The molecule has 17 heavy (non-hydrogen) atoms. The van der Waals surface area contributed by atoms with Crippen LogP contribution in [0.15, 0.2) is 12.1 Å². The van der Waals surface area contributed by atoms with Crippen LogP contribution in [-0.4, -0.2) is 38.8 Å². The summed E-state index contributed by atoms with van der Waals surface area (Å²) >= 11 is 1.82. The molecular weight excluding hydrogens is 236 g/mol. The van der Waals surface area contributed by atoms with Crippen molar-refractivity contribution in [2.24, 2.45) is 0 Å². The van der Waals surface area contributed by atoms with Gasteiger partial charge in [-0.15, -0.1) is 0 Å². The van der Waals surface area contributed by atoms with E-state index in [0.29, 0.717) is 13.2 Å². The summed E-state index contributed by atoms with van der Waals surface area (Å²) in [4.78, 5) is 2.14. The third-order valence-electron chi connectivity index (χ3n) is 2.73. The van der Waals surface area contributed by atoms with E-state index in [2.05, 4.69) is 11.2 Å². The van der Waals surface area contributed by atoms with Gasteiger partial charge in [0, 0.05) is 31.5 Å². The van der Waals surface area contributed by atoms with Gasteiger partial charge in [0.05, 0.1) is 11.4 Å². The molecule has 1 aliphatic heterocycles. The summed E-state index contributed by atoms with van der Waals surface area (Å²) in [5, 5.41) is 0. The zero-order chi connectivity index (χ0) is 12.3. The van der Waals surface area contributed by atoms with Gasteiger partial charge in [0.1, 0.15) is 13.2 Å². The summed E-state index contributed by atoms with van der Waals surface area (Å²) in [6.45, 7) is 2.16. The zero-order valence-electron chi connectivity index (χ0n) is 10.2. The molecule has 0 amide bonds. The van der Waals surface area contributed by atoms with E-state index in [9.17, 15) is 0 Å². The second kappa shape index (κ2) is 5.40. The topological polar surface area (TPSA) is 47.7 Å². The third kappa shape index (κ3) is 2.72. The first-order chi connectivity index (χ1) is 8.22. The molecule has 0 aliphatic carbocycles. The number of benzene rings is 1. The van der Waals surface area contributed by atoms with E-state index >= 15 is 0 Å². The minimum atomic E-state index is 0.591. The van der Waals surface area contributed by atoms with Crippen molar-refractivity contribution in [1.29, 1.82) is 0 Å². The quantitative estimate of drug-likeness (QED) is 0.831. The maximum absolute atomic E-state index is 6.03. The van der Waals surface area contributed by atoms with Crippen LogP contribution >= 0.6 is 11.8 Å². The number of nitrogens with two attached hydrogens (primary N) is 1. The maximum Gasteiger partial charge on any atom is 0.163 e. The molecule has 0 fully saturated rings. The highest BCUT2D eigenvalue weighted by Crippen LogP contribution is 2.38. The van der Waals surface area contributed by atoms with Crippen LogP contribution in [0.2, 0.25) is 0 Å². The van der Waals surface area contributed by atoms with Crippen LogP contribution in [-0.2, 0) is 0 Å². The molecular formula is C12H18N2O2S. The molecule has 0 atom stereocenters. The Morgan fingerprint density at radius 1 is 1.29 bits per heavy atom. The molecule has 1 aromatic rings. The molecule has 0 saturated heterocycles. The summed E-state index contributed by atoms with van der Waals surface area (Å²) in [6.07, 6.45) is 2.10. The number of hydrogen-bond acceptors (Lipinski definition) is 5. The number of fused-ring (bicyclic) bond motifs is 1. The van der Waals surface area contributed by atoms with Gasteiger partial charge in [0.2, 0.25) is 0 Å². The molecule has 5 heteroatoms. The van der Waals surface area contributed by atoms with E-state index < -0.39 is 0 Å². The van der Waals surface area contributed by atoms with Gasteiger partial charge < -0.3 is 20.1 Å². The lowest BCUT2D eigenvalue weighted by Gasteiger charge is -2.25. The molecule has 2 N–H and O–H groups in total. The van der Waals surface area contributed by atoms with Crippen molar-refractivity contribution in [2.45, 2.75) is 0 Å². The van der Waals surface area contributed by atoms with Gasteiger partial charge >= 0.3 is 0 Å². The van der Waals surface area contributed by atoms with Crippen LogP contribution < -0.4 is 20.1 Å². The average molecular weight is 254 g/mol. The lowest BCUT2D eigenvalue weighted by Crippen LogP contribution is -2.22. The second-order valence-corrected chi connectivity index (χ2v) is 4.95. The van der Waals surface area contributed by atoms with E-state index in [4.69, 9.17) is 15.2 Å². The average Bonchev–Trinajstić information content (AvgIpc) is 2.35. The van der Waals surface area contributed by atoms with Crippen LogP contribution in [0.4, 0.5) is 11.4 Å². The Labute approximate surface area is 106 Å². The first-order valence-electron chi connectivity index (χ1n) is 5.61. The fourth-order valence-electron chi connectivity index (χ4n) is 1.77. The molecule has 0 bridgehead atoms. The monoisotopic (exact) mass is 254 g/mol. The predicted octanol–water partition coefficient (Wildman–Crippen LogP) is 1.84. The molecule has 1 heterocycles. The third-order valence-corrected chi connectivity index (χ3v) is 3.32. The van der Waals surface area contributed by atoms with E-state index in [1.165, 1.54) is 0 Å². The lowest BCUT2D eigenvalue weighted by atomic mass is 10.2. The number of thioether (sulfide) groups is 1. The highest BCUT2D eigenvalue weighted by Gasteiger charge is 2.16. The fraction of sp³-hybridized carbons (Fsp3) is 0.500. The molecule has 0 spiro atoms. The van der Waals surface area contributed by atoms with E-state index in [0.717, 1.165) is 35.2 Å². The van der Waals surface area contributed by atoms with Crippen molar-refractivity contribution in [3.8, 4) is 11.5 Å². The van der Waals surface area contributed by atoms with Crippen LogP contribution in [0, 0.1) is 0 Å². The number of hydrogen-bond donors (Lipinski definition) is 1. The minimum absolute atomic E-state index is 0.591. The van der Waals surface area contributed by atoms with Gasteiger partial charge in [-0.2, -0.15) is 11.8 Å². The summed E-state index contributed by atoms with van der Waals surface area (Å²) in [6, 6.07) is 3.81. The molecule has 2 rings (SSSR count). The molecule has 0 radical (unpaired) electrons. The van der Waals surface area contributed by atoms with Gasteiger partial charge in [-0.3, -0.25) is 0 Å². The van der Waals surface area contributed by atoms with Crippen molar-refractivity contribution < 1.29 is 9.47 Å². The Hall–Kier alpha value is -1.23.